The van der Waals surface area contributed by atoms with Crippen molar-refractivity contribution in [3.8, 4) is 29.0 Å². The fourth-order valence-electron chi connectivity index (χ4n) is 4.17. The van der Waals surface area contributed by atoms with Crippen LogP contribution in [0.4, 0.5) is 5.82 Å². The Kier molecular flexibility index (Phi) is 8.68. The summed E-state index contributed by atoms with van der Waals surface area (Å²) in [5, 5.41) is 20.1. The third kappa shape index (κ3) is 5.59. The number of benzene rings is 1. The first-order valence-corrected chi connectivity index (χ1v) is 11.6. The first kappa shape index (κ1) is 28.1. The van der Waals surface area contributed by atoms with Gasteiger partial charge in [-0.1, -0.05) is 24.4 Å². The van der Waals surface area contributed by atoms with Gasteiger partial charge >= 0.3 is 17.9 Å². The zero-order valence-electron chi connectivity index (χ0n) is 20.9. The van der Waals surface area contributed by atoms with Gasteiger partial charge in [-0.15, -0.1) is 0 Å². The van der Waals surface area contributed by atoms with Gasteiger partial charge in [0.1, 0.15) is 33.9 Å². The predicted molar refractivity (Wildman–Crippen MR) is 133 cm³/mol. The highest BCUT2D eigenvalue weighted by atomic mass is 32.1. The SMILES string of the molecule is COc1ccc(-c2c(C#N)c(N)n([C@H]3OC[C@@H](OC(C)=O)[C@@H](OC(C)=O)[C@H]3OC(C)=O)c(=S)c2C#N)cc1. The number of nitrogens with two attached hydrogens (primary N) is 1. The minimum absolute atomic E-state index is 0.0627. The molecule has 1 aromatic carbocycles. The third-order valence-corrected chi connectivity index (χ3v) is 6.03. The number of rotatable bonds is 6. The number of carbonyl (C=O) groups excluding carboxylic acids is 3. The van der Waals surface area contributed by atoms with Crippen molar-refractivity contribution < 1.29 is 38.1 Å². The van der Waals surface area contributed by atoms with Crippen LogP contribution in [0.3, 0.4) is 0 Å². The minimum atomic E-state index is -1.41. The van der Waals surface area contributed by atoms with Gasteiger partial charge in [-0.05, 0) is 17.7 Å². The van der Waals surface area contributed by atoms with Crippen molar-refractivity contribution in [3.63, 3.8) is 0 Å². The molecule has 2 aromatic rings. The first-order chi connectivity index (χ1) is 18.0. The van der Waals surface area contributed by atoms with Crippen molar-refractivity contribution in [2.24, 2.45) is 0 Å². The lowest BCUT2D eigenvalue weighted by Crippen LogP contribution is -2.55. The van der Waals surface area contributed by atoms with Crippen LogP contribution in [-0.2, 0) is 33.3 Å². The molecule has 0 radical (unpaired) electrons. The van der Waals surface area contributed by atoms with E-state index in [0.29, 0.717) is 11.3 Å². The van der Waals surface area contributed by atoms with Crippen LogP contribution in [0, 0.1) is 27.3 Å². The third-order valence-electron chi connectivity index (χ3n) is 5.63. The molecule has 13 heteroatoms. The van der Waals surface area contributed by atoms with Gasteiger partial charge < -0.3 is 29.4 Å². The lowest BCUT2D eigenvalue weighted by molar-refractivity contribution is -0.239. The zero-order valence-corrected chi connectivity index (χ0v) is 21.7. The number of nitrogen functional groups attached to an aromatic ring is 1. The topological polar surface area (TPSA) is 176 Å². The average molecular weight is 541 g/mol. The molecule has 4 atom stereocenters. The maximum Gasteiger partial charge on any atom is 0.303 e. The number of anilines is 1. The molecule has 0 unspecified atom stereocenters. The quantitative estimate of drug-likeness (QED) is 0.322. The van der Waals surface area contributed by atoms with E-state index >= 15 is 0 Å². The van der Waals surface area contributed by atoms with Crippen molar-refractivity contribution in [1.29, 1.82) is 10.5 Å². The molecule has 2 heterocycles. The van der Waals surface area contributed by atoms with E-state index in [9.17, 15) is 24.9 Å². The summed E-state index contributed by atoms with van der Waals surface area (Å²) < 4.78 is 28.1. The standard InChI is InChI=1S/C25H24N4O8S/c1-12(30)35-19-11-34-24(22(37-14(3)32)21(19)36-13(2)31)29-23(28)17(9-26)20(18(10-27)25(29)38)15-5-7-16(33-4)8-6-15/h5-8,19,21-22,24H,11,28H2,1-4H3/t19-,21-,22-,24+/m1/s1. The van der Waals surface area contributed by atoms with Gasteiger partial charge in [0.15, 0.2) is 24.5 Å². The lowest BCUT2D eigenvalue weighted by atomic mass is 9.95. The summed E-state index contributed by atoms with van der Waals surface area (Å²) >= 11 is 5.61. The fraction of sp³-hybridized carbons (Fsp3) is 0.360. The van der Waals surface area contributed by atoms with Crippen molar-refractivity contribution in [1.82, 2.24) is 4.57 Å². The van der Waals surface area contributed by atoms with Crippen LogP contribution in [0.25, 0.3) is 11.1 Å². The fourth-order valence-corrected chi connectivity index (χ4v) is 4.52. The van der Waals surface area contributed by atoms with Crippen molar-refractivity contribution >= 4 is 35.9 Å². The van der Waals surface area contributed by atoms with E-state index in [0.717, 1.165) is 25.3 Å². The monoisotopic (exact) mass is 540 g/mol. The van der Waals surface area contributed by atoms with E-state index in [1.54, 1.807) is 24.3 Å². The average Bonchev–Trinajstić information content (AvgIpc) is 2.86. The van der Waals surface area contributed by atoms with E-state index in [1.807, 2.05) is 12.1 Å². The molecule has 1 aliphatic rings. The highest BCUT2D eigenvalue weighted by molar-refractivity contribution is 7.71. The van der Waals surface area contributed by atoms with Gasteiger partial charge in [-0.3, -0.25) is 19.0 Å². The molecule has 1 aromatic heterocycles. The molecule has 2 N–H and O–H groups in total. The van der Waals surface area contributed by atoms with Crippen molar-refractivity contribution in [2.75, 3.05) is 19.5 Å². The normalized spacial score (nSPS) is 20.4. The second-order valence-corrected chi connectivity index (χ2v) is 8.54. The van der Waals surface area contributed by atoms with Crippen LogP contribution >= 0.6 is 12.2 Å². The number of nitriles is 2. The number of esters is 3. The molecule has 0 saturated carbocycles. The van der Waals surface area contributed by atoms with Gasteiger partial charge in [-0.25, -0.2) is 0 Å². The summed E-state index contributed by atoms with van der Waals surface area (Å²) in [6.07, 6.45) is -5.19. The Balaban J connectivity index is 2.26. The summed E-state index contributed by atoms with van der Waals surface area (Å²) in [6.45, 7) is 3.10. The number of pyridine rings is 1. The summed E-state index contributed by atoms with van der Waals surface area (Å²) in [6, 6.07) is 10.6. The molecule has 0 spiro atoms. The number of hydrogen-bond donors (Lipinski definition) is 1. The number of ether oxygens (including phenoxy) is 5. The molecule has 1 saturated heterocycles. The Bertz CT molecular complexity index is 1410. The van der Waals surface area contributed by atoms with E-state index in [1.165, 1.54) is 7.11 Å². The second kappa shape index (κ2) is 11.7. The molecule has 12 nitrogen and oxygen atoms in total. The maximum absolute atomic E-state index is 12.0. The molecule has 1 fully saturated rings. The molecular formula is C25H24N4O8S. The van der Waals surface area contributed by atoms with Gasteiger partial charge in [-0.2, -0.15) is 10.5 Å². The second-order valence-electron chi connectivity index (χ2n) is 8.16. The summed E-state index contributed by atoms with van der Waals surface area (Å²) in [5.41, 5.74) is 6.96. The molecular weight excluding hydrogens is 516 g/mol. The summed E-state index contributed by atoms with van der Waals surface area (Å²) in [7, 11) is 1.50. The zero-order chi connectivity index (χ0) is 28.1. The first-order valence-electron chi connectivity index (χ1n) is 11.2. The van der Waals surface area contributed by atoms with E-state index in [2.05, 4.69) is 0 Å². The molecule has 0 amide bonds. The van der Waals surface area contributed by atoms with Gasteiger partial charge in [0.05, 0.1) is 19.3 Å². The van der Waals surface area contributed by atoms with E-state index in [-0.39, 0.29) is 33.8 Å². The summed E-state index contributed by atoms with van der Waals surface area (Å²) in [5.74, 6) is -1.83. The Labute approximate surface area is 223 Å². The van der Waals surface area contributed by atoms with Crippen molar-refractivity contribution in [3.05, 3.63) is 40.0 Å². The molecule has 198 valence electrons. The largest absolute Gasteiger partial charge is 0.497 e. The molecule has 38 heavy (non-hydrogen) atoms. The highest BCUT2D eigenvalue weighted by Crippen LogP contribution is 2.38. The molecule has 0 bridgehead atoms. The highest BCUT2D eigenvalue weighted by Gasteiger charge is 2.48. The van der Waals surface area contributed by atoms with Gasteiger partial charge in [0.25, 0.3) is 0 Å². The van der Waals surface area contributed by atoms with Crippen molar-refractivity contribution in [2.45, 2.75) is 45.3 Å². The van der Waals surface area contributed by atoms with E-state index < -0.39 is 42.4 Å². The maximum atomic E-state index is 12.0. The Morgan fingerprint density at radius 3 is 2.03 bits per heavy atom. The Morgan fingerprint density at radius 1 is 0.974 bits per heavy atom. The molecule has 3 rings (SSSR count). The van der Waals surface area contributed by atoms with Crippen LogP contribution in [0.15, 0.2) is 24.3 Å². The van der Waals surface area contributed by atoms with Crippen LogP contribution in [0.2, 0.25) is 0 Å². The summed E-state index contributed by atoms with van der Waals surface area (Å²) in [4.78, 5) is 35.6. The Hall–Kier alpha value is -4.46. The number of hydrogen-bond acceptors (Lipinski definition) is 12. The number of carbonyl (C=O) groups is 3. The Morgan fingerprint density at radius 2 is 1.53 bits per heavy atom. The lowest BCUT2D eigenvalue weighted by Gasteiger charge is -2.41. The smallest absolute Gasteiger partial charge is 0.303 e. The minimum Gasteiger partial charge on any atom is -0.497 e. The van der Waals surface area contributed by atoms with Crippen LogP contribution in [0.5, 0.6) is 5.75 Å². The van der Waals surface area contributed by atoms with Crippen LogP contribution in [-0.4, -0.2) is 54.5 Å². The van der Waals surface area contributed by atoms with Gasteiger partial charge in [0.2, 0.25) is 0 Å². The number of nitrogens with zero attached hydrogens (tertiary/aromatic N) is 3. The van der Waals surface area contributed by atoms with Crippen LogP contribution < -0.4 is 10.5 Å². The van der Waals surface area contributed by atoms with E-state index in [4.69, 9.17) is 41.6 Å². The molecule has 0 aliphatic carbocycles. The number of methoxy groups -OCH3 is 1. The molecule has 1 aliphatic heterocycles. The predicted octanol–water partition coefficient (Wildman–Crippen LogP) is 2.54. The van der Waals surface area contributed by atoms with Crippen LogP contribution in [0.1, 0.15) is 38.1 Å². The number of aromatic nitrogens is 1. The van der Waals surface area contributed by atoms with Gasteiger partial charge in [0, 0.05) is 26.3 Å².